The predicted octanol–water partition coefficient (Wildman–Crippen LogP) is 1.46. The maximum Gasteiger partial charge on any atom is 0.321 e. The van der Waals surface area contributed by atoms with E-state index in [0.29, 0.717) is 18.0 Å². The lowest BCUT2D eigenvalue weighted by Gasteiger charge is -2.21. The highest BCUT2D eigenvalue weighted by Gasteiger charge is 2.14. The lowest BCUT2D eigenvalue weighted by Crippen LogP contribution is -2.38. The van der Waals surface area contributed by atoms with Crippen LogP contribution in [0.2, 0.25) is 0 Å². The fourth-order valence-corrected chi connectivity index (χ4v) is 1.56. The molecule has 0 aromatic heterocycles. The Morgan fingerprint density at radius 2 is 2.14 bits per heavy atom. The van der Waals surface area contributed by atoms with E-state index in [1.807, 2.05) is 13.0 Å². The maximum atomic E-state index is 12.0. The summed E-state index contributed by atoms with van der Waals surface area (Å²) in [6.45, 7) is 5.62. The van der Waals surface area contributed by atoms with Crippen LogP contribution in [0.1, 0.15) is 6.92 Å². The van der Waals surface area contributed by atoms with Crippen molar-refractivity contribution in [1.29, 1.82) is 0 Å². The highest BCUT2D eigenvalue weighted by molar-refractivity contribution is 5.90. The lowest BCUT2D eigenvalue weighted by molar-refractivity contribution is 0.0750. The van der Waals surface area contributed by atoms with Gasteiger partial charge >= 0.3 is 6.03 Å². The molecule has 1 atom stereocenters. The first-order valence-corrected chi connectivity index (χ1v) is 6.61. The van der Waals surface area contributed by atoms with Crippen LogP contribution in [0, 0.1) is 0 Å². The van der Waals surface area contributed by atoms with Gasteiger partial charge < -0.3 is 25.2 Å². The number of carbonyl (C=O) groups excluding carboxylic acids is 1. The molecule has 0 unspecified atom stereocenters. The number of hydrogen-bond acceptors (Lipinski definition) is 4. The van der Waals surface area contributed by atoms with E-state index < -0.39 is 18.7 Å². The number of para-hydroxylation sites is 2. The second-order valence-electron chi connectivity index (χ2n) is 4.89. The Balaban J connectivity index is 2.69. The quantitative estimate of drug-likeness (QED) is 0.665. The van der Waals surface area contributed by atoms with Crippen LogP contribution in [0.5, 0.6) is 5.75 Å². The summed E-state index contributed by atoms with van der Waals surface area (Å²) in [7, 11) is 1.53. The van der Waals surface area contributed by atoms with Crippen molar-refractivity contribution in [3.8, 4) is 5.75 Å². The smallest absolute Gasteiger partial charge is 0.321 e. The third-order valence-corrected chi connectivity index (χ3v) is 2.64. The standard InChI is InChI=1S/C15H22N2O4/c1-11(2)10-21-14-7-5-4-6-13(14)16-15(20)17(3)8-12(19)9-18/h4-7,12,18-19H,1,8-10H2,2-3H3,(H,16,20)/t12-/m0/s1. The van der Waals surface area contributed by atoms with Gasteiger partial charge in [0, 0.05) is 7.05 Å². The van der Waals surface area contributed by atoms with Crippen molar-refractivity contribution in [2.45, 2.75) is 13.0 Å². The topological polar surface area (TPSA) is 82.0 Å². The van der Waals surface area contributed by atoms with Crippen molar-refractivity contribution in [2.24, 2.45) is 0 Å². The Labute approximate surface area is 124 Å². The molecule has 0 radical (unpaired) electrons. The van der Waals surface area contributed by atoms with E-state index in [9.17, 15) is 9.90 Å². The zero-order chi connectivity index (χ0) is 15.8. The molecule has 0 aliphatic heterocycles. The Hall–Kier alpha value is -2.05. The number of nitrogens with one attached hydrogen (secondary N) is 1. The number of rotatable bonds is 7. The van der Waals surface area contributed by atoms with E-state index in [0.717, 1.165) is 5.57 Å². The third kappa shape index (κ3) is 5.85. The second-order valence-corrected chi connectivity index (χ2v) is 4.89. The van der Waals surface area contributed by atoms with Gasteiger partial charge in [0.1, 0.15) is 12.4 Å². The molecule has 1 rings (SSSR count). The highest BCUT2D eigenvalue weighted by Crippen LogP contribution is 2.24. The first kappa shape index (κ1) is 17.0. The van der Waals surface area contributed by atoms with Gasteiger partial charge in [-0.05, 0) is 24.6 Å². The van der Waals surface area contributed by atoms with Crippen molar-refractivity contribution in [2.75, 3.05) is 32.1 Å². The predicted molar refractivity (Wildman–Crippen MR) is 81.5 cm³/mol. The van der Waals surface area contributed by atoms with E-state index in [1.54, 1.807) is 18.2 Å². The molecule has 6 heteroatoms. The molecule has 0 bridgehead atoms. The molecule has 2 amide bonds. The monoisotopic (exact) mass is 294 g/mol. The van der Waals surface area contributed by atoms with Gasteiger partial charge in [-0.25, -0.2) is 4.79 Å². The van der Waals surface area contributed by atoms with Crippen LogP contribution >= 0.6 is 0 Å². The lowest BCUT2D eigenvalue weighted by atomic mass is 10.3. The molecule has 0 heterocycles. The minimum Gasteiger partial charge on any atom is -0.487 e. The number of ether oxygens (including phenoxy) is 1. The van der Waals surface area contributed by atoms with Crippen molar-refractivity contribution in [1.82, 2.24) is 4.90 Å². The van der Waals surface area contributed by atoms with Crippen LogP contribution in [-0.4, -0.2) is 54.1 Å². The van der Waals surface area contributed by atoms with E-state index in [4.69, 9.17) is 9.84 Å². The highest BCUT2D eigenvalue weighted by atomic mass is 16.5. The van der Waals surface area contributed by atoms with Gasteiger partial charge in [0.25, 0.3) is 0 Å². The number of aliphatic hydroxyl groups excluding tert-OH is 2. The first-order chi connectivity index (χ1) is 9.93. The molecule has 0 aliphatic rings. The summed E-state index contributed by atoms with van der Waals surface area (Å²) in [4.78, 5) is 13.3. The normalized spacial score (nSPS) is 11.6. The number of urea groups is 1. The number of hydrogen-bond donors (Lipinski definition) is 3. The van der Waals surface area contributed by atoms with E-state index in [1.165, 1.54) is 11.9 Å². The van der Waals surface area contributed by atoms with Gasteiger partial charge in [0.15, 0.2) is 0 Å². The molecule has 6 nitrogen and oxygen atoms in total. The molecule has 21 heavy (non-hydrogen) atoms. The van der Waals surface area contributed by atoms with Crippen LogP contribution < -0.4 is 10.1 Å². The molecule has 0 spiro atoms. The number of carbonyl (C=O) groups is 1. The maximum absolute atomic E-state index is 12.0. The van der Waals surface area contributed by atoms with Gasteiger partial charge in [-0.2, -0.15) is 0 Å². The fourth-order valence-electron chi connectivity index (χ4n) is 1.56. The summed E-state index contributed by atoms with van der Waals surface area (Å²) in [6, 6.07) is 6.67. The first-order valence-electron chi connectivity index (χ1n) is 6.61. The molecule has 0 saturated carbocycles. The van der Waals surface area contributed by atoms with Crippen molar-refractivity contribution in [3.05, 3.63) is 36.4 Å². The van der Waals surface area contributed by atoms with Crippen LogP contribution in [0.4, 0.5) is 10.5 Å². The van der Waals surface area contributed by atoms with Gasteiger partial charge in [0.05, 0.1) is 24.9 Å². The molecule has 116 valence electrons. The van der Waals surface area contributed by atoms with E-state index >= 15 is 0 Å². The summed E-state index contributed by atoms with van der Waals surface area (Å²) < 4.78 is 5.56. The molecular weight excluding hydrogens is 272 g/mol. The molecule has 0 aliphatic carbocycles. The van der Waals surface area contributed by atoms with Crippen molar-refractivity contribution in [3.63, 3.8) is 0 Å². The van der Waals surface area contributed by atoms with Gasteiger partial charge in [0.2, 0.25) is 0 Å². The third-order valence-electron chi connectivity index (χ3n) is 2.64. The SMILES string of the molecule is C=C(C)COc1ccccc1NC(=O)N(C)C[C@H](O)CO. The Morgan fingerprint density at radius 3 is 2.76 bits per heavy atom. The number of likely N-dealkylation sites (N-methyl/N-ethyl adjacent to an activating group) is 1. The zero-order valence-corrected chi connectivity index (χ0v) is 12.4. The molecule has 1 aromatic carbocycles. The molecule has 1 aromatic rings. The minimum absolute atomic E-state index is 0.0388. The van der Waals surface area contributed by atoms with E-state index in [-0.39, 0.29) is 6.54 Å². The molecule has 3 N–H and O–H groups in total. The fraction of sp³-hybridized carbons (Fsp3) is 0.400. The summed E-state index contributed by atoms with van der Waals surface area (Å²) >= 11 is 0. The summed E-state index contributed by atoms with van der Waals surface area (Å²) in [5.41, 5.74) is 1.41. The minimum atomic E-state index is -0.962. The number of amides is 2. The number of aliphatic hydroxyl groups is 2. The largest absolute Gasteiger partial charge is 0.487 e. The summed E-state index contributed by atoms with van der Waals surface area (Å²) in [6.07, 6.45) is -0.962. The number of nitrogens with zero attached hydrogens (tertiary/aromatic N) is 1. The van der Waals surface area contributed by atoms with E-state index in [2.05, 4.69) is 11.9 Å². The van der Waals surface area contributed by atoms with Crippen LogP contribution in [0.25, 0.3) is 0 Å². The summed E-state index contributed by atoms with van der Waals surface area (Å²) in [5, 5.41) is 20.8. The van der Waals surface area contributed by atoms with Gasteiger partial charge in [-0.3, -0.25) is 0 Å². The Bertz CT molecular complexity index is 490. The average Bonchev–Trinajstić information content (AvgIpc) is 2.45. The average molecular weight is 294 g/mol. The van der Waals surface area contributed by atoms with Crippen LogP contribution in [-0.2, 0) is 0 Å². The van der Waals surface area contributed by atoms with Crippen molar-refractivity contribution >= 4 is 11.7 Å². The molecular formula is C15H22N2O4. The zero-order valence-electron chi connectivity index (χ0n) is 12.4. The molecule has 0 saturated heterocycles. The van der Waals surface area contributed by atoms with Gasteiger partial charge in [-0.1, -0.05) is 18.7 Å². The van der Waals surface area contributed by atoms with Crippen molar-refractivity contribution < 1.29 is 19.7 Å². The number of anilines is 1. The van der Waals surface area contributed by atoms with Gasteiger partial charge in [-0.15, -0.1) is 0 Å². The van der Waals surface area contributed by atoms with Crippen LogP contribution in [0.3, 0.4) is 0 Å². The van der Waals surface area contributed by atoms with Crippen LogP contribution in [0.15, 0.2) is 36.4 Å². The second kappa shape index (κ2) is 8.28. The molecule has 0 fully saturated rings. The number of benzene rings is 1. The Kier molecular flexibility index (Phi) is 6.71. The summed E-state index contributed by atoms with van der Waals surface area (Å²) in [5.74, 6) is 0.546. The Morgan fingerprint density at radius 1 is 1.48 bits per heavy atom.